The number of halogens is 3. The summed E-state index contributed by atoms with van der Waals surface area (Å²) in [5.74, 6) is -0.355. The third kappa shape index (κ3) is 3.55. The summed E-state index contributed by atoms with van der Waals surface area (Å²) in [6.07, 6.45) is 0. The van der Waals surface area contributed by atoms with Gasteiger partial charge in [0.15, 0.2) is 0 Å². The Morgan fingerprint density at radius 3 is 2.78 bits per heavy atom. The first-order valence-corrected chi connectivity index (χ1v) is 8.13. The number of rotatable bonds is 3. The third-order valence-electron chi connectivity index (χ3n) is 3.08. The molecule has 4 nitrogen and oxygen atoms in total. The largest absolute Gasteiger partial charge is 0.337 e. The van der Waals surface area contributed by atoms with E-state index >= 15 is 0 Å². The molecule has 0 saturated carbocycles. The molecule has 1 aromatic heterocycles. The second-order valence-corrected chi connectivity index (χ2v) is 6.25. The minimum Gasteiger partial charge on any atom is -0.263 e. The molecular weight excluding hydrogens is 360 g/mol. The van der Waals surface area contributed by atoms with Gasteiger partial charge in [0.05, 0.1) is 22.3 Å². The summed E-state index contributed by atoms with van der Waals surface area (Å²) in [6.45, 7) is 0.202. The number of nitrogens with one attached hydrogen (secondary N) is 1. The average Bonchev–Trinajstić information content (AvgIpc) is 2.85. The summed E-state index contributed by atoms with van der Waals surface area (Å²) >= 11 is 13.2. The molecule has 3 rings (SSSR count). The van der Waals surface area contributed by atoms with Gasteiger partial charge in [0.2, 0.25) is 4.80 Å². The summed E-state index contributed by atoms with van der Waals surface area (Å²) in [7, 11) is 0. The number of benzene rings is 2. The lowest BCUT2D eigenvalue weighted by molar-refractivity contribution is 0.622. The van der Waals surface area contributed by atoms with Crippen molar-refractivity contribution in [3.05, 3.63) is 79.2 Å². The molecule has 0 amide bonds. The highest BCUT2D eigenvalue weighted by molar-refractivity contribution is 7.02. The molecule has 0 unspecified atom stereocenters. The van der Waals surface area contributed by atoms with Crippen molar-refractivity contribution in [1.82, 2.24) is 8.94 Å². The van der Waals surface area contributed by atoms with E-state index in [1.54, 1.807) is 30.3 Å². The fourth-order valence-electron chi connectivity index (χ4n) is 2.01. The number of hydrogen-bond acceptors (Lipinski definition) is 3. The number of aromatic amines is 1. The molecule has 1 N–H and O–H groups in total. The van der Waals surface area contributed by atoms with E-state index in [-0.39, 0.29) is 18.1 Å². The first kappa shape index (κ1) is 16.0. The fourth-order valence-corrected chi connectivity index (χ4v) is 3.04. The van der Waals surface area contributed by atoms with Crippen LogP contribution in [0.3, 0.4) is 0 Å². The summed E-state index contributed by atoms with van der Waals surface area (Å²) in [5, 5.41) is 0.694. The zero-order valence-corrected chi connectivity index (χ0v) is 13.9. The van der Waals surface area contributed by atoms with Crippen molar-refractivity contribution in [3.8, 4) is 0 Å². The first-order valence-electron chi connectivity index (χ1n) is 6.56. The maximum Gasteiger partial charge on any atom is 0.337 e. The lowest BCUT2D eigenvalue weighted by Gasteiger charge is -2.03. The Hall–Kier alpha value is -1.89. The molecular formula is C15H10Cl2FN3OS. The van der Waals surface area contributed by atoms with Gasteiger partial charge < -0.3 is 0 Å². The minimum absolute atomic E-state index is 0.202. The van der Waals surface area contributed by atoms with Gasteiger partial charge in [-0.2, -0.15) is 0 Å². The molecule has 23 heavy (non-hydrogen) atoms. The molecule has 0 aliphatic heterocycles. The quantitative estimate of drug-likeness (QED) is 0.745. The molecule has 0 bridgehead atoms. The van der Waals surface area contributed by atoms with Crippen molar-refractivity contribution < 1.29 is 4.39 Å². The van der Waals surface area contributed by atoms with Crippen LogP contribution in [0.4, 0.5) is 10.1 Å². The van der Waals surface area contributed by atoms with Crippen molar-refractivity contribution in [2.45, 2.75) is 6.54 Å². The predicted molar refractivity (Wildman–Crippen MR) is 90.1 cm³/mol. The Labute approximate surface area is 144 Å². The molecule has 0 saturated heterocycles. The highest BCUT2D eigenvalue weighted by Gasteiger charge is 2.07. The fraction of sp³-hybridized carbons (Fsp3) is 0.0667. The van der Waals surface area contributed by atoms with E-state index in [4.69, 9.17) is 23.2 Å². The van der Waals surface area contributed by atoms with E-state index in [2.05, 4.69) is 9.37 Å². The SMILES string of the molecule is O=c1[nH]sc(=Nc2cccc(Cl)c2Cl)n1Cc1cccc(F)c1. The molecule has 0 aliphatic rings. The van der Waals surface area contributed by atoms with Gasteiger partial charge in [-0.3, -0.25) is 8.94 Å². The number of aromatic nitrogens is 2. The highest BCUT2D eigenvalue weighted by Crippen LogP contribution is 2.31. The Kier molecular flexibility index (Phi) is 4.66. The second-order valence-electron chi connectivity index (χ2n) is 4.69. The van der Waals surface area contributed by atoms with Gasteiger partial charge in [-0.05, 0) is 41.4 Å². The van der Waals surface area contributed by atoms with Crippen LogP contribution in [0.5, 0.6) is 0 Å². The Bertz CT molecular complexity index is 977. The van der Waals surface area contributed by atoms with E-state index in [9.17, 15) is 9.18 Å². The Morgan fingerprint density at radius 2 is 2.00 bits per heavy atom. The summed E-state index contributed by atoms with van der Waals surface area (Å²) < 4.78 is 17.3. The molecule has 0 radical (unpaired) electrons. The lowest BCUT2D eigenvalue weighted by atomic mass is 10.2. The molecule has 8 heteroatoms. The molecule has 2 aromatic carbocycles. The summed E-state index contributed by atoms with van der Waals surface area (Å²) in [5.41, 5.74) is 0.797. The van der Waals surface area contributed by atoms with Crippen LogP contribution in [0.25, 0.3) is 0 Å². The lowest BCUT2D eigenvalue weighted by Crippen LogP contribution is -2.27. The van der Waals surface area contributed by atoms with E-state index in [1.165, 1.54) is 16.7 Å². The third-order valence-corrected chi connectivity index (χ3v) is 4.66. The van der Waals surface area contributed by atoms with Gasteiger partial charge in [0.1, 0.15) is 5.82 Å². The standard InChI is InChI=1S/C15H10Cl2FN3OS/c16-11-5-2-6-12(13(11)17)19-15-21(14(22)20-23-15)8-9-3-1-4-10(18)7-9/h1-7H,8H2,(H,20,22). The predicted octanol–water partition coefficient (Wildman–Crippen LogP) is 3.96. The van der Waals surface area contributed by atoms with Crippen LogP contribution in [0.15, 0.2) is 52.3 Å². The normalized spacial score (nSPS) is 11.9. The molecule has 3 aromatic rings. The van der Waals surface area contributed by atoms with E-state index in [0.29, 0.717) is 26.1 Å². The van der Waals surface area contributed by atoms with Crippen molar-refractivity contribution >= 4 is 40.4 Å². The maximum absolute atomic E-state index is 13.3. The molecule has 118 valence electrons. The molecule has 1 heterocycles. The Morgan fingerprint density at radius 1 is 1.22 bits per heavy atom. The van der Waals surface area contributed by atoms with Crippen LogP contribution in [0.1, 0.15) is 5.56 Å². The first-order chi connectivity index (χ1) is 11.0. The zero-order chi connectivity index (χ0) is 16.4. The van der Waals surface area contributed by atoms with E-state index < -0.39 is 0 Å². The van der Waals surface area contributed by atoms with Gasteiger partial charge >= 0.3 is 5.69 Å². The number of nitrogens with zero attached hydrogens (tertiary/aromatic N) is 2. The van der Waals surface area contributed by atoms with Gasteiger partial charge in [0, 0.05) is 0 Å². The Balaban J connectivity index is 2.07. The monoisotopic (exact) mass is 369 g/mol. The minimum atomic E-state index is -0.355. The van der Waals surface area contributed by atoms with Crippen molar-refractivity contribution in [2.24, 2.45) is 4.99 Å². The van der Waals surface area contributed by atoms with Crippen LogP contribution in [-0.2, 0) is 6.54 Å². The van der Waals surface area contributed by atoms with Crippen molar-refractivity contribution in [3.63, 3.8) is 0 Å². The van der Waals surface area contributed by atoms with E-state index in [1.807, 2.05) is 0 Å². The topological polar surface area (TPSA) is 50.1 Å². The van der Waals surface area contributed by atoms with E-state index in [0.717, 1.165) is 11.5 Å². The van der Waals surface area contributed by atoms with Crippen molar-refractivity contribution in [1.29, 1.82) is 0 Å². The number of hydrogen-bond donors (Lipinski definition) is 1. The van der Waals surface area contributed by atoms with Crippen molar-refractivity contribution in [2.75, 3.05) is 0 Å². The molecule has 0 atom stereocenters. The van der Waals surface area contributed by atoms with Crippen LogP contribution in [0.2, 0.25) is 10.0 Å². The van der Waals surface area contributed by atoms with Gasteiger partial charge in [-0.25, -0.2) is 14.2 Å². The van der Waals surface area contributed by atoms with Gasteiger partial charge in [-0.15, -0.1) is 0 Å². The van der Waals surface area contributed by atoms with Crippen LogP contribution in [0, 0.1) is 5.82 Å². The summed E-state index contributed by atoms with van der Waals surface area (Å²) in [6, 6.07) is 11.1. The van der Waals surface area contributed by atoms with Crippen LogP contribution >= 0.6 is 34.7 Å². The molecule has 0 fully saturated rings. The maximum atomic E-state index is 13.3. The van der Waals surface area contributed by atoms with Gasteiger partial charge in [0.25, 0.3) is 0 Å². The van der Waals surface area contributed by atoms with Gasteiger partial charge in [-0.1, -0.05) is 41.4 Å². The van der Waals surface area contributed by atoms with Crippen LogP contribution < -0.4 is 10.5 Å². The summed E-state index contributed by atoms with van der Waals surface area (Å²) in [4.78, 5) is 16.8. The molecule has 0 spiro atoms. The number of H-pyrrole nitrogens is 1. The smallest absolute Gasteiger partial charge is 0.263 e. The zero-order valence-electron chi connectivity index (χ0n) is 11.6. The second kappa shape index (κ2) is 6.70. The van der Waals surface area contributed by atoms with Crippen LogP contribution in [-0.4, -0.2) is 8.94 Å². The molecule has 0 aliphatic carbocycles. The highest BCUT2D eigenvalue weighted by atomic mass is 35.5. The average molecular weight is 370 g/mol.